The van der Waals surface area contributed by atoms with Crippen molar-refractivity contribution in [2.45, 2.75) is 58.9 Å². The fraction of sp³-hybridized carbons (Fsp3) is 0.667. The van der Waals surface area contributed by atoms with Gasteiger partial charge in [0.25, 0.3) is 0 Å². The van der Waals surface area contributed by atoms with Gasteiger partial charge in [-0.05, 0) is 40.2 Å². The Kier molecular flexibility index (Phi) is 7.62. The number of piperazine rings is 1. The number of nitrogens with zero attached hydrogens (tertiary/aromatic N) is 2. The Labute approximate surface area is 158 Å². The van der Waals surface area contributed by atoms with E-state index < -0.39 is 5.60 Å². The van der Waals surface area contributed by atoms with E-state index in [1.165, 1.54) is 5.56 Å². The summed E-state index contributed by atoms with van der Waals surface area (Å²) in [6.07, 6.45) is 0. The summed E-state index contributed by atoms with van der Waals surface area (Å²) < 4.78 is 11.3. The van der Waals surface area contributed by atoms with Crippen LogP contribution in [0.15, 0.2) is 30.3 Å². The first-order valence-electron chi connectivity index (χ1n) is 9.56. The van der Waals surface area contributed by atoms with Crippen LogP contribution in [0.2, 0.25) is 0 Å². The van der Waals surface area contributed by atoms with Crippen LogP contribution >= 0.6 is 0 Å². The number of rotatable bonds is 7. The smallest absolute Gasteiger partial charge is 0.320 e. The molecular formula is C21H34N2O3. The van der Waals surface area contributed by atoms with Gasteiger partial charge in [0.05, 0.1) is 19.8 Å². The van der Waals surface area contributed by atoms with Crippen LogP contribution in [0.1, 0.15) is 40.2 Å². The molecule has 0 amide bonds. The molecule has 1 aromatic carbocycles. The molecule has 5 heteroatoms. The van der Waals surface area contributed by atoms with E-state index in [-0.39, 0.29) is 5.97 Å². The monoisotopic (exact) mass is 362 g/mol. The first-order valence-corrected chi connectivity index (χ1v) is 9.56. The molecule has 1 heterocycles. The van der Waals surface area contributed by atoms with E-state index in [0.29, 0.717) is 25.2 Å². The lowest BCUT2D eigenvalue weighted by atomic mass is 10.1. The fourth-order valence-electron chi connectivity index (χ4n) is 3.44. The predicted octanol–water partition coefficient (Wildman–Crippen LogP) is 2.94. The summed E-state index contributed by atoms with van der Waals surface area (Å²) in [6.45, 7) is 14.6. The summed E-state index contributed by atoms with van der Waals surface area (Å²) in [5, 5.41) is 0. The zero-order chi connectivity index (χ0) is 19.2. The second kappa shape index (κ2) is 9.49. The fourth-order valence-corrected chi connectivity index (χ4v) is 3.44. The van der Waals surface area contributed by atoms with E-state index in [1.54, 1.807) is 0 Å². The van der Waals surface area contributed by atoms with Gasteiger partial charge in [0.15, 0.2) is 0 Å². The van der Waals surface area contributed by atoms with Crippen LogP contribution in [0.25, 0.3) is 0 Å². The minimum Gasteiger partial charge on any atom is -0.459 e. The Morgan fingerprint density at radius 3 is 2.31 bits per heavy atom. The maximum absolute atomic E-state index is 12.1. The highest BCUT2D eigenvalue weighted by molar-refractivity contribution is 5.72. The van der Waals surface area contributed by atoms with Crippen LogP contribution in [0.4, 0.5) is 0 Å². The van der Waals surface area contributed by atoms with Gasteiger partial charge in [-0.3, -0.25) is 14.6 Å². The molecule has 0 saturated carbocycles. The average Bonchev–Trinajstić information content (AvgIpc) is 2.54. The molecule has 1 aromatic rings. The zero-order valence-electron chi connectivity index (χ0n) is 16.9. The average molecular weight is 363 g/mol. The van der Waals surface area contributed by atoms with Gasteiger partial charge in [-0.1, -0.05) is 30.3 Å². The molecule has 0 N–H and O–H groups in total. The summed E-state index contributed by atoms with van der Waals surface area (Å²) in [4.78, 5) is 16.8. The molecule has 1 aliphatic heterocycles. The van der Waals surface area contributed by atoms with Gasteiger partial charge in [-0.15, -0.1) is 0 Å². The van der Waals surface area contributed by atoms with Crippen LogP contribution in [-0.2, 0) is 20.9 Å². The molecule has 0 radical (unpaired) electrons. The van der Waals surface area contributed by atoms with Crippen molar-refractivity contribution in [1.29, 1.82) is 0 Å². The van der Waals surface area contributed by atoms with E-state index in [0.717, 1.165) is 26.2 Å². The van der Waals surface area contributed by atoms with E-state index in [9.17, 15) is 4.79 Å². The van der Waals surface area contributed by atoms with Crippen molar-refractivity contribution >= 4 is 5.97 Å². The van der Waals surface area contributed by atoms with Crippen LogP contribution in [0, 0.1) is 0 Å². The molecule has 0 spiro atoms. The van der Waals surface area contributed by atoms with Gasteiger partial charge in [-0.2, -0.15) is 0 Å². The third-order valence-electron chi connectivity index (χ3n) is 4.57. The summed E-state index contributed by atoms with van der Waals surface area (Å²) in [5.74, 6) is -0.143. The molecule has 146 valence electrons. The summed E-state index contributed by atoms with van der Waals surface area (Å²) in [5.41, 5.74) is 0.776. The molecule has 0 unspecified atom stereocenters. The van der Waals surface area contributed by atoms with E-state index in [2.05, 4.69) is 35.8 Å². The Bertz CT molecular complexity index is 544. The normalized spacial score (nSPS) is 22.3. The van der Waals surface area contributed by atoms with Gasteiger partial charge in [-0.25, -0.2) is 0 Å². The van der Waals surface area contributed by atoms with E-state index >= 15 is 0 Å². The quantitative estimate of drug-likeness (QED) is 0.551. The van der Waals surface area contributed by atoms with Gasteiger partial charge in [0, 0.05) is 31.7 Å². The number of hydrogen-bond donors (Lipinski definition) is 0. The summed E-state index contributed by atoms with van der Waals surface area (Å²) in [6, 6.07) is 10.9. The van der Waals surface area contributed by atoms with Crippen molar-refractivity contribution in [3.63, 3.8) is 0 Å². The second-order valence-corrected chi connectivity index (χ2v) is 8.25. The molecule has 0 aliphatic carbocycles. The van der Waals surface area contributed by atoms with Crippen LogP contribution in [0.3, 0.4) is 0 Å². The lowest BCUT2D eigenvalue weighted by Gasteiger charge is -2.44. The van der Waals surface area contributed by atoms with E-state index in [4.69, 9.17) is 9.47 Å². The maximum atomic E-state index is 12.1. The molecule has 5 nitrogen and oxygen atoms in total. The number of benzene rings is 1. The number of carbonyl (C=O) groups excluding carboxylic acids is 1. The van der Waals surface area contributed by atoms with Gasteiger partial charge >= 0.3 is 5.97 Å². The summed E-state index contributed by atoms with van der Waals surface area (Å²) in [7, 11) is 0. The Morgan fingerprint density at radius 2 is 1.73 bits per heavy atom. The number of hydrogen-bond acceptors (Lipinski definition) is 5. The third kappa shape index (κ3) is 7.06. The SMILES string of the molecule is C[C@@H]1CN(CCOCc2ccccc2)C[C@H](C)N1CC(=O)OC(C)(C)C. The molecule has 2 rings (SSSR count). The van der Waals surface area contributed by atoms with Crippen molar-refractivity contribution in [3.05, 3.63) is 35.9 Å². The molecule has 0 aromatic heterocycles. The minimum absolute atomic E-state index is 0.143. The number of ether oxygens (including phenoxy) is 2. The molecule has 26 heavy (non-hydrogen) atoms. The van der Waals surface area contributed by atoms with Gasteiger partial charge in [0.2, 0.25) is 0 Å². The van der Waals surface area contributed by atoms with Crippen molar-refractivity contribution in [1.82, 2.24) is 9.80 Å². The van der Waals surface area contributed by atoms with Crippen molar-refractivity contribution in [3.8, 4) is 0 Å². The second-order valence-electron chi connectivity index (χ2n) is 8.25. The highest BCUT2D eigenvalue weighted by Gasteiger charge is 2.31. The van der Waals surface area contributed by atoms with Crippen molar-refractivity contribution < 1.29 is 14.3 Å². The molecule has 0 bridgehead atoms. The topological polar surface area (TPSA) is 42.0 Å². The van der Waals surface area contributed by atoms with Crippen LogP contribution in [0.5, 0.6) is 0 Å². The highest BCUT2D eigenvalue weighted by atomic mass is 16.6. The van der Waals surface area contributed by atoms with Crippen molar-refractivity contribution in [2.24, 2.45) is 0 Å². The first-order chi connectivity index (χ1) is 12.2. The van der Waals surface area contributed by atoms with Gasteiger partial charge in [0.1, 0.15) is 5.60 Å². The largest absolute Gasteiger partial charge is 0.459 e. The molecular weight excluding hydrogens is 328 g/mol. The lowest BCUT2D eigenvalue weighted by Crippen LogP contribution is -2.58. The molecule has 1 fully saturated rings. The predicted molar refractivity (Wildman–Crippen MR) is 104 cm³/mol. The van der Waals surface area contributed by atoms with Crippen molar-refractivity contribution in [2.75, 3.05) is 32.8 Å². The first kappa shape index (κ1) is 20.9. The Morgan fingerprint density at radius 1 is 1.12 bits per heavy atom. The van der Waals surface area contributed by atoms with Crippen LogP contribution < -0.4 is 0 Å². The van der Waals surface area contributed by atoms with E-state index in [1.807, 2.05) is 39.0 Å². The Hall–Kier alpha value is -1.43. The maximum Gasteiger partial charge on any atom is 0.320 e. The third-order valence-corrected chi connectivity index (χ3v) is 4.57. The summed E-state index contributed by atoms with van der Waals surface area (Å²) >= 11 is 0. The Balaban J connectivity index is 1.72. The molecule has 2 atom stereocenters. The number of carbonyl (C=O) groups is 1. The number of esters is 1. The molecule has 1 saturated heterocycles. The molecule has 1 aliphatic rings. The lowest BCUT2D eigenvalue weighted by molar-refractivity contribution is -0.158. The minimum atomic E-state index is -0.429. The standard InChI is InChI=1S/C21H34N2O3/c1-17-13-22(11-12-25-16-19-9-7-6-8-10-19)14-18(2)23(17)15-20(24)26-21(3,4)5/h6-10,17-18H,11-16H2,1-5H3/t17-,18+. The zero-order valence-corrected chi connectivity index (χ0v) is 16.9. The highest BCUT2D eigenvalue weighted by Crippen LogP contribution is 2.17. The van der Waals surface area contributed by atoms with Gasteiger partial charge < -0.3 is 9.47 Å². The van der Waals surface area contributed by atoms with Crippen LogP contribution in [-0.4, -0.2) is 66.2 Å².